The molecular weight excluding hydrogens is 215 g/mol. The van der Waals surface area contributed by atoms with Gasteiger partial charge in [0, 0.05) is 18.1 Å². The average molecular weight is 228 g/mol. The molecule has 0 aliphatic heterocycles. The van der Waals surface area contributed by atoms with E-state index in [1.165, 1.54) is 0 Å². The normalized spacial score (nSPS) is 27.8. The molecule has 6 heteroatoms. The van der Waals surface area contributed by atoms with Gasteiger partial charge in [-0.25, -0.2) is 8.42 Å². The van der Waals surface area contributed by atoms with E-state index in [1.54, 1.807) is 0 Å². The molecule has 0 bridgehead atoms. The minimum Gasteiger partial charge on any atom is -0.550 e. The summed E-state index contributed by atoms with van der Waals surface area (Å²) in [7, 11) is -3.24. The van der Waals surface area contributed by atoms with Crippen molar-refractivity contribution in [2.75, 3.05) is 6.26 Å². The largest absolute Gasteiger partial charge is 1.00 e. The van der Waals surface area contributed by atoms with E-state index < -0.39 is 27.0 Å². The Morgan fingerprint density at radius 2 is 1.79 bits per heavy atom. The number of carbonyl (C=O) groups excluding carboxylic acids is 1. The Bertz CT molecular complexity index is 298. The first-order valence-corrected chi connectivity index (χ1v) is 6.28. The molecule has 0 spiro atoms. The quantitative estimate of drug-likeness (QED) is 0.457. The number of aliphatic carboxylic acids is 1. The van der Waals surface area contributed by atoms with E-state index in [4.69, 9.17) is 0 Å². The summed E-state index contributed by atoms with van der Waals surface area (Å²) in [5.41, 5.74) is 0. The summed E-state index contributed by atoms with van der Waals surface area (Å²) in [4.78, 5) is 10.6. The van der Waals surface area contributed by atoms with Gasteiger partial charge in [-0.05, 0) is 12.8 Å². The average Bonchev–Trinajstić information content (AvgIpc) is 2.03. The molecule has 0 heterocycles. The van der Waals surface area contributed by atoms with Gasteiger partial charge in [0.1, 0.15) is 0 Å². The fourth-order valence-corrected chi connectivity index (χ4v) is 3.32. The van der Waals surface area contributed by atoms with Gasteiger partial charge < -0.3 is 9.90 Å². The van der Waals surface area contributed by atoms with Crippen LogP contribution in [0.5, 0.6) is 0 Å². The Morgan fingerprint density at radius 3 is 2.14 bits per heavy atom. The second-order valence-electron chi connectivity index (χ2n) is 3.58. The van der Waals surface area contributed by atoms with Crippen molar-refractivity contribution in [2.45, 2.75) is 30.9 Å². The number of rotatable bonds is 2. The molecule has 76 valence electrons. The minimum absolute atomic E-state index is 0. The minimum atomic E-state index is -3.24. The Morgan fingerprint density at radius 1 is 1.29 bits per heavy atom. The van der Waals surface area contributed by atoms with Crippen molar-refractivity contribution < 1.29 is 47.9 Å². The number of carboxylic acid groups (broad SMARTS) is 1. The molecule has 0 aromatic carbocycles. The van der Waals surface area contributed by atoms with Crippen LogP contribution in [0.2, 0.25) is 0 Å². The second kappa shape index (κ2) is 5.49. The third-order valence-electron chi connectivity index (χ3n) is 2.56. The van der Waals surface area contributed by atoms with Crippen LogP contribution in [0.15, 0.2) is 0 Å². The van der Waals surface area contributed by atoms with Crippen LogP contribution in [0, 0.1) is 5.92 Å². The van der Waals surface area contributed by atoms with E-state index in [9.17, 15) is 18.3 Å². The van der Waals surface area contributed by atoms with Gasteiger partial charge in [-0.2, -0.15) is 0 Å². The van der Waals surface area contributed by atoms with Gasteiger partial charge in [-0.15, -0.1) is 0 Å². The summed E-state index contributed by atoms with van der Waals surface area (Å²) in [6.45, 7) is 0. The SMILES string of the molecule is CS(=O)(=O)C1CCCCC1C(=O)[O-].[Na+]. The van der Waals surface area contributed by atoms with E-state index in [0.717, 1.165) is 19.1 Å². The molecule has 0 saturated heterocycles. The van der Waals surface area contributed by atoms with Gasteiger partial charge in [-0.1, -0.05) is 12.8 Å². The van der Waals surface area contributed by atoms with Crippen LogP contribution < -0.4 is 34.7 Å². The molecule has 1 fully saturated rings. The molecule has 0 amide bonds. The zero-order valence-electron chi connectivity index (χ0n) is 8.52. The maximum Gasteiger partial charge on any atom is 1.00 e. The van der Waals surface area contributed by atoms with E-state index in [1.807, 2.05) is 0 Å². The summed E-state index contributed by atoms with van der Waals surface area (Å²) < 4.78 is 22.4. The van der Waals surface area contributed by atoms with Gasteiger partial charge in [0.05, 0.1) is 5.25 Å². The maximum atomic E-state index is 11.2. The molecule has 0 aromatic rings. The smallest absolute Gasteiger partial charge is 0.550 e. The third kappa shape index (κ3) is 3.53. The molecule has 1 saturated carbocycles. The molecule has 0 N–H and O–H groups in total. The fraction of sp³-hybridized carbons (Fsp3) is 0.875. The molecule has 1 aliphatic carbocycles. The van der Waals surface area contributed by atoms with E-state index in [0.29, 0.717) is 12.8 Å². The molecule has 2 atom stereocenters. The number of hydrogen-bond donors (Lipinski definition) is 0. The van der Waals surface area contributed by atoms with Crippen molar-refractivity contribution in [3.8, 4) is 0 Å². The molecule has 14 heavy (non-hydrogen) atoms. The van der Waals surface area contributed by atoms with Crippen molar-refractivity contribution in [3.05, 3.63) is 0 Å². The first kappa shape index (κ1) is 14.4. The summed E-state index contributed by atoms with van der Waals surface area (Å²) in [5.74, 6) is -2.03. The third-order valence-corrected chi connectivity index (χ3v) is 4.22. The van der Waals surface area contributed by atoms with Crippen molar-refractivity contribution in [2.24, 2.45) is 5.92 Å². The molecule has 2 unspecified atom stereocenters. The summed E-state index contributed by atoms with van der Waals surface area (Å²) >= 11 is 0. The molecule has 0 radical (unpaired) electrons. The van der Waals surface area contributed by atoms with Gasteiger partial charge in [0.25, 0.3) is 0 Å². The van der Waals surface area contributed by atoms with Crippen LogP contribution in [-0.4, -0.2) is 25.9 Å². The Balaban J connectivity index is 0.00000169. The monoisotopic (exact) mass is 228 g/mol. The first-order valence-electron chi connectivity index (χ1n) is 4.32. The number of sulfone groups is 1. The van der Waals surface area contributed by atoms with Gasteiger partial charge in [0.15, 0.2) is 9.84 Å². The van der Waals surface area contributed by atoms with Gasteiger partial charge >= 0.3 is 29.6 Å². The maximum absolute atomic E-state index is 11.2. The van der Waals surface area contributed by atoms with E-state index in [-0.39, 0.29) is 29.6 Å². The number of carbonyl (C=O) groups is 1. The number of carboxylic acids is 1. The van der Waals surface area contributed by atoms with Crippen LogP contribution in [0.3, 0.4) is 0 Å². The van der Waals surface area contributed by atoms with Crippen molar-refractivity contribution in [1.29, 1.82) is 0 Å². The van der Waals surface area contributed by atoms with Crippen molar-refractivity contribution in [3.63, 3.8) is 0 Å². The van der Waals surface area contributed by atoms with Crippen LogP contribution in [0.1, 0.15) is 25.7 Å². The van der Waals surface area contributed by atoms with E-state index >= 15 is 0 Å². The van der Waals surface area contributed by atoms with Gasteiger partial charge in [-0.3, -0.25) is 0 Å². The summed E-state index contributed by atoms with van der Waals surface area (Å²) in [6, 6.07) is 0. The van der Waals surface area contributed by atoms with Crippen molar-refractivity contribution >= 4 is 15.8 Å². The van der Waals surface area contributed by atoms with Crippen LogP contribution in [-0.2, 0) is 14.6 Å². The predicted octanol–water partition coefficient (Wildman–Crippen LogP) is -3.66. The molecule has 1 rings (SSSR count). The number of hydrogen-bond acceptors (Lipinski definition) is 4. The van der Waals surface area contributed by atoms with Crippen LogP contribution in [0.25, 0.3) is 0 Å². The van der Waals surface area contributed by atoms with Gasteiger partial charge in [0.2, 0.25) is 0 Å². The molecular formula is C8H13NaO4S. The fourth-order valence-electron chi connectivity index (χ4n) is 1.88. The molecule has 1 aliphatic rings. The predicted molar refractivity (Wildman–Crippen MR) is 45.6 cm³/mol. The zero-order chi connectivity index (χ0) is 10.1. The topological polar surface area (TPSA) is 74.3 Å². The molecule has 4 nitrogen and oxygen atoms in total. The van der Waals surface area contributed by atoms with Crippen LogP contribution in [0.4, 0.5) is 0 Å². The Hall–Kier alpha value is 0.420. The summed E-state index contributed by atoms with van der Waals surface area (Å²) in [6.07, 6.45) is 3.56. The summed E-state index contributed by atoms with van der Waals surface area (Å²) in [5, 5.41) is 9.91. The second-order valence-corrected chi connectivity index (χ2v) is 5.84. The molecule has 0 aromatic heterocycles. The standard InChI is InChI=1S/C8H14O4S.Na/c1-13(11,12)7-5-3-2-4-6(7)8(9)10;/h6-7H,2-5H2,1H3,(H,9,10);/q;+1/p-1. The Kier molecular flexibility index (Phi) is 5.65. The van der Waals surface area contributed by atoms with E-state index in [2.05, 4.69) is 0 Å². The zero-order valence-corrected chi connectivity index (χ0v) is 11.3. The van der Waals surface area contributed by atoms with Crippen LogP contribution >= 0.6 is 0 Å². The first-order chi connectivity index (χ1) is 5.93. The van der Waals surface area contributed by atoms with Crippen molar-refractivity contribution in [1.82, 2.24) is 0 Å². The Labute approximate surface area is 106 Å².